The van der Waals surface area contributed by atoms with E-state index in [1.165, 1.54) is 0 Å². The molecule has 0 aliphatic heterocycles. The minimum atomic E-state index is -0.204. The maximum Gasteiger partial charge on any atom is 0.256 e. The van der Waals surface area contributed by atoms with E-state index in [1.807, 2.05) is 54.8 Å². The quantitative estimate of drug-likeness (QED) is 0.439. The number of carbonyl (C=O) groups excluding carboxylic acids is 1. The van der Waals surface area contributed by atoms with Gasteiger partial charge in [-0.3, -0.25) is 9.20 Å². The smallest absolute Gasteiger partial charge is 0.256 e. The van der Waals surface area contributed by atoms with E-state index in [1.54, 1.807) is 24.3 Å². The van der Waals surface area contributed by atoms with Crippen LogP contribution < -0.4 is 5.32 Å². The van der Waals surface area contributed by atoms with Crippen molar-refractivity contribution in [3.8, 4) is 11.3 Å². The lowest BCUT2D eigenvalue weighted by Gasteiger charge is -2.09. The van der Waals surface area contributed by atoms with Crippen molar-refractivity contribution in [3.63, 3.8) is 0 Å². The van der Waals surface area contributed by atoms with Gasteiger partial charge in [0.1, 0.15) is 17.2 Å². The zero-order chi connectivity index (χ0) is 19.8. The van der Waals surface area contributed by atoms with E-state index in [2.05, 4.69) is 5.32 Å². The Morgan fingerprint density at radius 3 is 2.46 bits per heavy atom. The van der Waals surface area contributed by atoms with Crippen LogP contribution in [0, 0.1) is 13.8 Å². The van der Waals surface area contributed by atoms with Gasteiger partial charge < -0.3 is 5.32 Å². The maximum atomic E-state index is 12.9. The molecule has 0 fully saturated rings. The number of nitrogens with one attached hydrogen (secondary N) is 1. The summed E-state index contributed by atoms with van der Waals surface area (Å²) in [4.78, 5) is 17.6. The van der Waals surface area contributed by atoms with Crippen LogP contribution in [0.25, 0.3) is 16.9 Å². The van der Waals surface area contributed by atoms with E-state index >= 15 is 0 Å². The normalized spacial score (nSPS) is 11.0. The van der Waals surface area contributed by atoms with Crippen LogP contribution in [0.1, 0.15) is 21.5 Å². The lowest BCUT2D eigenvalue weighted by molar-refractivity contribution is 0.102. The first-order valence-corrected chi connectivity index (χ1v) is 9.51. The Morgan fingerprint density at radius 2 is 1.75 bits per heavy atom. The molecule has 0 saturated heterocycles. The summed E-state index contributed by atoms with van der Waals surface area (Å²) in [5.74, 6) is 0.382. The summed E-state index contributed by atoms with van der Waals surface area (Å²) >= 11 is 12.3. The van der Waals surface area contributed by atoms with Crippen LogP contribution in [0.2, 0.25) is 10.0 Å². The van der Waals surface area contributed by atoms with Gasteiger partial charge in [-0.05, 0) is 49.7 Å². The molecule has 0 aliphatic rings. The number of halogens is 2. The molecule has 1 N–H and O–H groups in total. The minimum Gasteiger partial charge on any atom is -0.306 e. The molecule has 0 atom stereocenters. The van der Waals surface area contributed by atoms with Crippen LogP contribution in [0.5, 0.6) is 0 Å². The fourth-order valence-electron chi connectivity index (χ4n) is 3.05. The SMILES string of the molecule is Cc1ccc(C(=O)Nc2c(-c3ccc(Cl)c(Cl)c3)nc3c(C)cccn23)cc1. The second kappa shape index (κ2) is 7.30. The predicted octanol–water partition coefficient (Wildman–Crippen LogP) is 6.18. The van der Waals surface area contributed by atoms with Crippen LogP contribution in [0.4, 0.5) is 5.82 Å². The van der Waals surface area contributed by atoms with E-state index in [-0.39, 0.29) is 5.91 Å². The minimum absolute atomic E-state index is 0.204. The Balaban J connectivity index is 1.85. The molecule has 2 heterocycles. The molecule has 140 valence electrons. The number of imidazole rings is 1. The van der Waals surface area contributed by atoms with Gasteiger partial charge in [-0.25, -0.2) is 4.98 Å². The lowest BCUT2D eigenvalue weighted by Crippen LogP contribution is -2.14. The summed E-state index contributed by atoms with van der Waals surface area (Å²) < 4.78 is 1.87. The van der Waals surface area contributed by atoms with E-state index in [0.29, 0.717) is 27.1 Å². The summed E-state index contributed by atoms with van der Waals surface area (Å²) in [5.41, 5.74) is 4.85. The molecule has 2 aromatic heterocycles. The van der Waals surface area contributed by atoms with Crippen LogP contribution in [-0.2, 0) is 0 Å². The second-order valence-electron chi connectivity index (χ2n) is 6.64. The molecule has 1 amide bonds. The van der Waals surface area contributed by atoms with Gasteiger partial charge in [0.05, 0.1) is 10.0 Å². The van der Waals surface area contributed by atoms with Crippen molar-refractivity contribution in [3.05, 3.63) is 87.5 Å². The summed E-state index contributed by atoms with van der Waals surface area (Å²) in [6.45, 7) is 3.96. The van der Waals surface area contributed by atoms with Crippen molar-refractivity contribution in [1.29, 1.82) is 0 Å². The Labute approximate surface area is 172 Å². The topological polar surface area (TPSA) is 46.4 Å². The molecule has 4 nitrogen and oxygen atoms in total. The summed E-state index contributed by atoms with van der Waals surface area (Å²) in [7, 11) is 0. The third-order valence-electron chi connectivity index (χ3n) is 4.58. The number of anilines is 1. The Hall–Kier alpha value is -2.82. The average molecular weight is 410 g/mol. The van der Waals surface area contributed by atoms with Gasteiger partial charge in [-0.1, -0.05) is 53.0 Å². The van der Waals surface area contributed by atoms with Gasteiger partial charge in [-0.2, -0.15) is 0 Å². The van der Waals surface area contributed by atoms with E-state index in [4.69, 9.17) is 28.2 Å². The van der Waals surface area contributed by atoms with Gasteiger partial charge in [0.25, 0.3) is 5.91 Å². The van der Waals surface area contributed by atoms with Crippen LogP contribution in [0.15, 0.2) is 60.8 Å². The van der Waals surface area contributed by atoms with Crippen molar-refractivity contribution >= 4 is 40.6 Å². The van der Waals surface area contributed by atoms with Gasteiger partial charge in [0.2, 0.25) is 0 Å². The molecule has 0 aliphatic carbocycles. The van der Waals surface area contributed by atoms with Gasteiger partial charge in [0.15, 0.2) is 0 Å². The molecular weight excluding hydrogens is 393 g/mol. The fourth-order valence-corrected chi connectivity index (χ4v) is 3.35. The molecular formula is C22H17Cl2N3O. The molecule has 6 heteroatoms. The first-order chi connectivity index (χ1) is 13.4. The van der Waals surface area contributed by atoms with Gasteiger partial charge in [0, 0.05) is 17.3 Å². The number of pyridine rings is 1. The number of hydrogen-bond donors (Lipinski definition) is 1. The van der Waals surface area contributed by atoms with Crippen molar-refractivity contribution in [2.45, 2.75) is 13.8 Å². The average Bonchev–Trinajstić information content (AvgIpc) is 3.04. The highest BCUT2D eigenvalue weighted by Gasteiger charge is 2.19. The van der Waals surface area contributed by atoms with Gasteiger partial charge >= 0.3 is 0 Å². The summed E-state index contributed by atoms with van der Waals surface area (Å²) in [5, 5.41) is 3.92. The molecule has 0 radical (unpaired) electrons. The van der Waals surface area contributed by atoms with Crippen LogP contribution in [0.3, 0.4) is 0 Å². The molecule has 4 aromatic rings. The molecule has 2 aromatic carbocycles. The highest BCUT2D eigenvalue weighted by Crippen LogP contribution is 2.34. The molecule has 0 bridgehead atoms. The Kier molecular flexibility index (Phi) is 4.84. The number of aromatic nitrogens is 2. The van der Waals surface area contributed by atoms with E-state index in [0.717, 1.165) is 22.3 Å². The molecule has 0 saturated carbocycles. The third kappa shape index (κ3) is 3.37. The zero-order valence-electron chi connectivity index (χ0n) is 15.3. The van der Waals surface area contributed by atoms with E-state index in [9.17, 15) is 4.79 Å². The number of hydrogen-bond acceptors (Lipinski definition) is 2. The van der Waals surface area contributed by atoms with Crippen molar-refractivity contribution in [2.75, 3.05) is 5.32 Å². The number of amides is 1. The maximum absolute atomic E-state index is 12.9. The van der Waals surface area contributed by atoms with Crippen molar-refractivity contribution in [2.24, 2.45) is 0 Å². The van der Waals surface area contributed by atoms with E-state index < -0.39 is 0 Å². The number of nitrogens with zero attached hydrogens (tertiary/aromatic N) is 2. The molecule has 0 spiro atoms. The first kappa shape index (κ1) is 18.5. The molecule has 0 unspecified atom stereocenters. The van der Waals surface area contributed by atoms with Crippen LogP contribution >= 0.6 is 23.2 Å². The first-order valence-electron chi connectivity index (χ1n) is 8.75. The second-order valence-corrected chi connectivity index (χ2v) is 7.46. The molecule has 28 heavy (non-hydrogen) atoms. The number of carbonyl (C=O) groups is 1. The number of fused-ring (bicyclic) bond motifs is 1. The third-order valence-corrected chi connectivity index (χ3v) is 5.32. The standard InChI is InChI=1S/C22H17Cl2N3O/c1-13-5-7-15(8-6-13)22(28)26-21-19(16-9-10-17(23)18(24)12-16)25-20-14(2)4-3-11-27(20)21/h3-12H,1-2H3,(H,26,28). The van der Waals surface area contributed by atoms with Crippen molar-refractivity contribution in [1.82, 2.24) is 9.38 Å². The summed E-state index contributed by atoms with van der Waals surface area (Å²) in [6, 6.07) is 16.6. The van der Waals surface area contributed by atoms with Gasteiger partial charge in [-0.15, -0.1) is 0 Å². The number of aryl methyl sites for hydroxylation is 2. The number of benzene rings is 2. The number of rotatable bonds is 3. The largest absolute Gasteiger partial charge is 0.306 e. The van der Waals surface area contributed by atoms with Crippen LogP contribution in [-0.4, -0.2) is 15.3 Å². The van der Waals surface area contributed by atoms with Crippen molar-refractivity contribution < 1.29 is 4.79 Å². The predicted molar refractivity (Wildman–Crippen MR) is 115 cm³/mol. The highest BCUT2D eigenvalue weighted by atomic mass is 35.5. The molecule has 4 rings (SSSR count). The zero-order valence-corrected chi connectivity index (χ0v) is 16.8. The fraction of sp³-hybridized carbons (Fsp3) is 0.0909. The highest BCUT2D eigenvalue weighted by molar-refractivity contribution is 6.42. The monoisotopic (exact) mass is 409 g/mol. The Morgan fingerprint density at radius 1 is 1.00 bits per heavy atom. The lowest BCUT2D eigenvalue weighted by atomic mass is 10.1. The summed E-state index contributed by atoms with van der Waals surface area (Å²) in [6.07, 6.45) is 1.88. The Bertz CT molecular complexity index is 1200.